The van der Waals surface area contributed by atoms with Crippen LogP contribution in [0, 0.1) is 16.7 Å². The second kappa shape index (κ2) is 15.4. The summed E-state index contributed by atoms with van der Waals surface area (Å²) >= 11 is 0. The van der Waals surface area contributed by atoms with E-state index in [1.165, 1.54) is 32.9 Å². The summed E-state index contributed by atoms with van der Waals surface area (Å²) in [5, 5.41) is 51.9. The van der Waals surface area contributed by atoms with Crippen LogP contribution in [0.25, 0.3) is 0 Å². The van der Waals surface area contributed by atoms with Crippen LogP contribution in [0.3, 0.4) is 0 Å². The van der Waals surface area contributed by atoms with Crippen molar-refractivity contribution in [2.45, 2.75) is 128 Å². The minimum absolute atomic E-state index is 0.0291. The van der Waals surface area contributed by atoms with Crippen molar-refractivity contribution in [2.24, 2.45) is 16.7 Å². The molecule has 3 fully saturated rings. The van der Waals surface area contributed by atoms with Gasteiger partial charge < -0.3 is 44.7 Å². The van der Waals surface area contributed by atoms with Gasteiger partial charge in [0.05, 0.1) is 35.1 Å². The van der Waals surface area contributed by atoms with Gasteiger partial charge in [-0.05, 0) is 76.9 Å². The Kier molecular flexibility index (Phi) is 11.5. The number of rotatable bonds is 8. The van der Waals surface area contributed by atoms with E-state index in [0.29, 0.717) is 5.56 Å². The van der Waals surface area contributed by atoms with Crippen LogP contribution >= 0.6 is 0 Å². The molecule has 3 aliphatic carbocycles. The molecule has 6 rings (SSSR count). The largest absolute Gasteiger partial charge is 0.456 e. The van der Waals surface area contributed by atoms with Crippen molar-refractivity contribution in [2.75, 3.05) is 13.6 Å². The smallest absolute Gasteiger partial charge is 0.408 e. The fourth-order valence-corrected chi connectivity index (χ4v) is 10.2. The molecule has 2 aromatic carbocycles. The number of fused-ring (bicyclic) bond motifs is 5. The van der Waals surface area contributed by atoms with Gasteiger partial charge in [-0.2, -0.15) is 0 Å². The average molecular weight is 821 g/mol. The number of nitrogens with one attached hydrogen (secondary N) is 1. The first-order valence-electron chi connectivity index (χ1n) is 19.8. The summed E-state index contributed by atoms with van der Waals surface area (Å²) in [6, 6.07) is 14.1. The van der Waals surface area contributed by atoms with Gasteiger partial charge in [-0.3, -0.25) is 14.5 Å². The zero-order valence-corrected chi connectivity index (χ0v) is 34.9. The van der Waals surface area contributed by atoms with Crippen molar-refractivity contribution in [3.63, 3.8) is 0 Å². The maximum absolute atomic E-state index is 15.1. The highest BCUT2D eigenvalue weighted by molar-refractivity contribution is 5.94. The first-order chi connectivity index (χ1) is 27.4. The Morgan fingerprint density at radius 3 is 2.10 bits per heavy atom. The number of hydrogen-bond donors (Lipinski definition) is 5. The quantitative estimate of drug-likeness (QED) is 0.147. The van der Waals surface area contributed by atoms with Crippen LogP contribution in [-0.4, -0.2) is 122 Å². The molecule has 4 aliphatic rings. The number of alkyl carbamates (subject to hydrolysis) is 1. The number of hydrogen-bond acceptors (Lipinski definition) is 14. The van der Waals surface area contributed by atoms with E-state index in [9.17, 15) is 39.6 Å². The van der Waals surface area contributed by atoms with Gasteiger partial charge in [-0.15, -0.1) is 0 Å². The molecule has 1 saturated heterocycles. The van der Waals surface area contributed by atoms with Crippen LogP contribution in [0.5, 0.6) is 0 Å². The highest BCUT2D eigenvalue weighted by Gasteiger charge is 2.78. The van der Waals surface area contributed by atoms with E-state index in [1.54, 1.807) is 90.2 Å². The van der Waals surface area contributed by atoms with Crippen LogP contribution in [0.15, 0.2) is 71.8 Å². The van der Waals surface area contributed by atoms with Crippen LogP contribution in [0.4, 0.5) is 4.79 Å². The molecule has 0 radical (unpaired) electrons. The fourth-order valence-electron chi connectivity index (χ4n) is 10.2. The lowest BCUT2D eigenvalue weighted by Gasteiger charge is -2.70. The number of Topliss-reactive ketones (excluding diaryl/α,β-unsaturated/α-hetero) is 1. The van der Waals surface area contributed by atoms with Crippen LogP contribution in [0.1, 0.15) is 90.2 Å². The van der Waals surface area contributed by atoms with E-state index in [0.717, 1.165) is 0 Å². The molecule has 320 valence electrons. The Morgan fingerprint density at radius 1 is 0.949 bits per heavy atom. The number of aliphatic hydroxyl groups excluding tert-OH is 3. The number of carbonyl (C=O) groups excluding carboxylic acids is 5. The lowest BCUT2D eigenvalue weighted by molar-refractivity contribution is -0.305. The first kappa shape index (κ1) is 43.9. The molecule has 1 heterocycles. The van der Waals surface area contributed by atoms with Crippen molar-refractivity contribution in [3.05, 3.63) is 82.9 Å². The van der Waals surface area contributed by atoms with Gasteiger partial charge in [0, 0.05) is 25.3 Å². The summed E-state index contributed by atoms with van der Waals surface area (Å²) in [5.74, 6) is -5.17. The van der Waals surface area contributed by atoms with Gasteiger partial charge in [0.1, 0.15) is 35.1 Å². The highest BCUT2D eigenvalue weighted by Crippen LogP contribution is 2.64. The number of ether oxygens (including phenoxy) is 4. The predicted octanol–water partition coefficient (Wildman–Crippen LogP) is 3.17. The first-order valence-corrected chi connectivity index (χ1v) is 19.8. The lowest BCUT2D eigenvalue weighted by atomic mass is 9.43. The molecule has 0 spiro atoms. The van der Waals surface area contributed by atoms with Gasteiger partial charge in [-0.1, -0.05) is 62.4 Å². The van der Waals surface area contributed by atoms with E-state index in [2.05, 4.69) is 5.32 Å². The SMILES string of the molecule is CC(=O)O[C@@]12CN(C)[C@@H]1C[C@H](O)[C@@]1(C)C(=O)[C@H](O)C3=C(C)[C@@H](OC(=O)[C@H](O)[C@@H](NC(=O)OC(C)(C)C)c4ccccc4)C[C@@](O)([C@@H](OC(=O)c4ccccc4)[C@H]21)C3(C)C. The summed E-state index contributed by atoms with van der Waals surface area (Å²) < 4.78 is 24.0. The number of amides is 1. The van der Waals surface area contributed by atoms with Crippen LogP contribution < -0.4 is 5.32 Å². The maximum atomic E-state index is 15.1. The maximum Gasteiger partial charge on any atom is 0.408 e. The zero-order chi connectivity index (χ0) is 43.6. The van der Waals surface area contributed by atoms with Crippen molar-refractivity contribution in [1.82, 2.24) is 10.2 Å². The molecule has 59 heavy (non-hydrogen) atoms. The number of benzene rings is 2. The van der Waals surface area contributed by atoms with Crippen molar-refractivity contribution >= 4 is 29.8 Å². The second-order valence-electron chi connectivity index (χ2n) is 18.2. The van der Waals surface area contributed by atoms with Crippen LogP contribution in [0.2, 0.25) is 0 Å². The fraction of sp³-hybridized carbons (Fsp3) is 0.568. The second-order valence-corrected chi connectivity index (χ2v) is 18.2. The van der Waals surface area contributed by atoms with Gasteiger partial charge in [0.2, 0.25) is 0 Å². The highest BCUT2D eigenvalue weighted by atomic mass is 16.6. The number of likely N-dealkylation sites (N-methyl/N-ethyl adjacent to an activating group) is 1. The predicted molar refractivity (Wildman–Crippen MR) is 210 cm³/mol. The zero-order valence-electron chi connectivity index (χ0n) is 34.9. The summed E-state index contributed by atoms with van der Waals surface area (Å²) in [7, 11) is 1.75. The molecular weight excluding hydrogens is 764 g/mol. The third-order valence-electron chi connectivity index (χ3n) is 13.1. The number of ketones is 1. The normalized spacial score (nSPS) is 33.7. The van der Waals surface area contributed by atoms with Gasteiger partial charge in [-0.25, -0.2) is 14.4 Å². The Balaban J connectivity index is 1.50. The van der Waals surface area contributed by atoms with Crippen LogP contribution in [-0.2, 0) is 33.3 Å². The molecule has 11 atom stereocenters. The molecule has 15 heteroatoms. The molecule has 2 bridgehead atoms. The molecule has 5 N–H and O–H groups in total. The van der Waals surface area contributed by atoms with Crippen molar-refractivity contribution in [3.8, 4) is 0 Å². The number of nitrogens with zero attached hydrogens (tertiary/aromatic N) is 1. The van der Waals surface area contributed by atoms with Crippen molar-refractivity contribution in [1.29, 1.82) is 0 Å². The Hall–Kier alpha value is -4.67. The Bertz CT molecular complexity index is 2010. The minimum Gasteiger partial charge on any atom is -0.456 e. The third-order valence-corrected chi connectivity index (χ3v) is 13.1. The monoisotopic (exact) mass is 820 g/mol. The average Bonchev–Trinajstić information content (AvgIpc) is 3.15. The third kappa shape index (κ3) is 7.34. The van der Waals surface area contributed by atoms with E-state index in [4.69, 9.17) is 18.9 Å². The lowest BCUT2D eigenvalue weighted by Crippen LogP contribution is -2.85. The van der Waals surface area contributed by atoms with Crippen molar-refractivity contribution < 1.29 is 63.3 Å². The van der Waals surface area contributed by atoms with E-state index in [1.807, 2.05) is 4.90 Å². The molecule has 2 saturated carbocycles. The Labute approximate surface area is 343 Å². The molecule has 15 nitrogen and oxygen atoms in total. The standard InChI is InChI=1S/C44H56N2O13/c1-23-27(56-38(53)33(50)31(25-16-12-10-13-17-25)45-39(54)59-40(3,4)5)21-44(55)36(57-37(52)26-18-14-11-15-19-26)34-42(8,35(51)32(49)30(23)41(44,6)7)29(48)20-28-43(34,22-46(28)9)58-24(2)47/h10-19,27-29,31-34,36,48-50,55H,20-22H2,1-9H3,(H,45,54)/t27-,28+,29-,31-,32+,33+,34-,36-,42+,43-,44+/m0/s1. The topological polar surface area (TPSA) is 218 Å². The Morgan fingerprint density at radius 2 is 1.54 bits per heavy atom. The summed E-state index contributed by atoms with van der Waals surface area (Å²) in [4.78, 5) is 71.1. The molecule has 0 unspecified atom stereocenters. The molecule has 1 amide bonds. The van der Waals surface area contributed by atoms with Gasteiger partial charge in [0.25, 0.3) is 0 Å². The summed E-state index contributed by atoms with van der Waals surface area (Å²) in [6.45, 7) is 12.3. The summed E-state index contributed by atoms with van der Waals surface area (Å²) in [5.41, 5.74) is -7.87. The van der Waals surface area contributed by atoms with Gasteiger partial charge >= 0.3 is 24.0 Å². The molecular formula is C44H56N2O13. The minimum atomic E-state index is -2.33. The van der Waals surface area contributed by atoms with Gasteiger partial charge in [0.15, 0.2) is 11.9 Å². The van der Waals surface area contributed by atoms with E-state index >= 15 is 4.79 Å². The number of likely N-dealkylation sites (tertiary alicyclic amines) is 1. The molecule has 1 aliphatic heterocycles. The number of esters is 3. The summed E-state index contributed by atoms with van der Waals surface area (Å²) in [6.07, 6.45) is -10.2. The molecule has 0 aromatic heterocycles. The number of aliphatic hydroxyl groups is 4. The van der Waals surface area contributed by atoms with E-state index < -0.39 is 112 Å². The molecule has 2 aromatic rings. The van der Waals surface area contributed by atoms with E-state index in [-0.39, 0.29) is 29.7 Å². The number of carbonyl (C=O) groups is 5.